The van der Waals surface area contributed by atoms with E-state index < -0.39 is 10.0 Å². The van der Waals surface area contributed by atoms with E-state index in [1.807, 2.05) is 24.3 Å². The van der Waals surface area contributed by atoms with Crippen LogP contribution in [0.3, 0.4) is 0 Å². The minimum atomic E-state index is -3.70. The molecule has 0 saturated carbocycles. The average Bonchev–Trinajstić information content (AvgIpc) is 3.09. The molecule has 0 fully saturated rings. The summed E-state index contributed by atoms with van der Waals surface area (Å²) >= 11 is 1.33. The fraction of sp³-hybridized carbons (Fsp3) is 0.200. The highest BCUT2D eigenvalue weighted by Gasteiger charge is 2.16. The Morgan fingerprint density at radius 2 is 1.93 bits per heavy atom. The number of rotatable bonds is 7. The van der Waals surface area contributed by atoms with E-state index in [1.54, 1.807) is 26.2 Å². The summed E-state index contributed by atoms with van der Waals surface area (Å²) in [5.74, 6) is 0.546. The van der Waals surface area contributed by atoms with Crippen LogP contribution in [0, 0.1) is 6.92 Å². The molecule has 29 heavy (non-hydrogen) atoms. The molecule has 1 amide bonds. The van der Waals surface area contributed by atoms with Gasteiger partial charge < -0.3 is 10.1 Å². The van der Waals surface area contributed by atoms with Crippen LogP contribution in [-0.2, 0) is 16.4 Å². The number of carbonyl (C=O) groups excluding carboxylic acids is 1. The smallest absolute Gasteiger partial charge is 0.263 e. The first-order valence-corrected chi connectivity index (χ1v) is 11.2. The van der Waals surface area contributed by atoms with E-state index in [-0.39, 0.29) is 10.8 Å². The number of hydrogen-bond acceptors (Lipinski definition) is 6. The number of benzene rings is 2. The molecule has 152 valence electrons. The largest absolute Gasteiger partial charge is 0.497 e. The molecule has 0 spiro atoms. The first kappa shape index (κ1) is 21.0. The van der Waals surface area contributed by atoms with Gasteiger partial charge in [0.1, 0.15) is 15.6 Å². The van der Waals surface area contributed by atoms with Gasteiger partial charge in [-0.1, -0.05) is 24.3 Å². The third-order valence-corrected chi connectivity index (χ3v) is 6.41. The number of aromatic nitrogens is 1. The van der Waals surface area contributed by atoms with Crippen LogP contribution < -0.4 is 15.2 Å². The van der Waals surface area contributed by atoms with E-state index in [0.29, 0.717) is 23.5 Å². The van der Waals surface area contributed by atoms with Gasteiger partial charge in [0.05, 0.1) is 17.7 Å². The number of sulfonamides is 1. The van der Waals surface area contributed by atoms with Crippen molar-refractivity contribution >= 4 is 27.3 Å². The fourth-order valence-electron chi connectivity index (χ4n) is 2.73. The monoisotopic (exact) mass is 431 g/mol. The van der Waals surface area contributed by atoms with Crippen molar-refractivity contribution in [3.8, 4) is 16.3 Å². The van der Waals surface area contributed by atoms with Crippen LogP contribution in [0.4, 0.5) is 0 Å². The Bertz CT molecular complexity index is 1120. The molecule has 0 atom stereocenters. The van der Waals surface area contributed by atoms with Crippen molar-refractivity contribution in [2.45, 2.75) is 18.2 Å². The molecule has 0 saturated heterocycles. The Labute approximate surface area is 173 Å². The van der Waals surface area contributed by atoms with E-state index in [9.17, 15) is 13.2 Å². The maximum Gasteiger partial charge on any atom is 0.263 e. The second-order valence-corrected chi connectivity index (χ2v) is 8.92. The predicted molar refractivity (Wildman–Crippen MR) is 113 cm³/mol. The van der Waals surface area contributed by atoms with Gasteiger partial charge in [0, 0.05) is 12.1 Å². The Morgan fingerprint density at radius 1 is 1.21 bits per heavy atom. The van der Waals surface area contributed by atoms with Gasteiger partial charge in [-0.15, -0.1) is 11.3 Å². The van der Waals surface area contributed by atoms with E-state index in [1.165, 1.54) is 23.5 Å². The highest BCUT2D eigenvalue weighted by Crippen LogP contribution is 2.30. The third kappa shape index (κ3) is 5.20. The summed E-state index contributed by atoms with van der Waals surface area (Å²) in [4.78, 5) is 17.7. The fourth-order valence-corrected chi connectivity index (χ4v) is 4.23. The molecule has 3 rings (SSSR count). The molecule has 0 bridgehead atoms. The quantitative estimate of drug-likeness (QED) is 0.597. The van der Waals surface area contributed by atoms with Gasteiger partial charge in [-0.3, -0.25) is 4.79 Å². The van der Waals surface area contributed by atoms with Crippen molar-refractivity contribution in [2.24, 2.45) is 5.14 Å². The molecule has 7 nitrogen and oxygen atoms in total. The van der Waals surface area contributed by atoms with Crippen LogP contribution in [0.25, 0.3) is 10.6 Å². The van der Waals surface area contributed by atoms with Crippen LogP contribution in [0.5, 0.6) is 5.75 Å². The number of ether oxygens (including phenoxy) is 1. The van der Waals surface area contributed by atoms with Gasteiger partial charge in [0.15, 0.2) is 0 Å². The lowest BCUT2D eigenvalue weighted by atomic mass is 10.1. The Balaban J connectivity index is 1.63. The number of thiazole rings is 1. The van der Waals surface area contributed by atoms with Gasteiger partial charge in [-0.25, -0.2) is 18.5 Å². The van der Waals surface area contributed by atoms with Gasteiger partial charge in [0.25, 0.3) is 5.91 Å². The first-order chi connectivity index (χ1) is 13.8. The summed E-state index contributed by atoms with van der Waals surface area (Å²) in [5.41, 5.74) is 2.46. The summed E-state index contributed by atoms with van der Waals surface area (Å²) < 4.78 is 27.8. The van der Waals surface area contributed by atoms with Crippen molar-refractivity contribution in [1.29, 1.82) is 0 Å². The van der Waals surface area contributed by atoms with E-state index >= 15 is 0 Å². The first-order valence-electron chi connectivity index (χ1n) is 8.79. The lowest BCUT2D eigenvalue weighted by Crippen LogP contribution is -2.25. The second-order valence-electron chi connectivity index (χ2n) is 6.36. The Morgan fingerprint density at radius 3 is 2.59 bits per heavy atom. The zero-order chi connectivity index (χ0) is 21.0. The molecule has 1 aromatic heterocycles. The number of nitrogens with one attached hydrogen (secondary N) is 1. The van der Waals surface area contributed by atoms with Crippen LogP contribution in [0.2, 0.25) is 0 Å². The minimum Gasteiger partial charge on any atom is -0.497 e. The summed E-state index contributed by atoms with van der Waals surface area (Å²) in [6.45, 7) is 2.22. The zero-order valence-corrected chi connectivity index (χ0v) is 17.6. The average molecular weight is 432 g/mol. The van der Waals surface area contributed by atoms with E-state index in [0.717, 1.165) is 21.9 Å². The summed E-state index contributed by atoms with van der Waals surface area (Å²) in [6, 6.07) is 13.8. The topological polar surface area (TPSA) is 111 Å². The number of primary sulfonamides is 1. The van der Waals surface area contributed by atoms with Crippen LogP contribution >= 0.6 is 11.3 Å². The van der Waals surface area contributed by atoms with Gasteiger partial charge in [0.2, 0.25) is 10.0 Å². The number of methoxy groups -OCH3 is 1. The van der Waals surface area contributed by atoms with Crippen LogP contribution in [0.1, 0.15) is 20.9 Å². The highest BCUT2D eigenvalue weighted by atomic mass is 32.2. The molecule has 0 aliphatic rings. The molecule has 0 aliphatic carbocycles. The van der Waals surface area contributed by atoms with Gasteiger partial charge in [-0.05, 0) is 43.2 Å². The summed E-state index contributed by atoms with van der Waals surface area (Å²) in [6.07, 6.45) is 0.567. The number of nitrogens with zero attached hydrogens (tertiary/aromatic N) is 1. The molecule has 3 aromatic rings. The maximum absolute atomic E-state index is 12.5. The lowest BCUT2D eigenvalue weighted by Gasteiger charge is -2.05. The van der Waals surface area contributed by atoms with Crippen molar-refractivity contribution in [3.05, 3.63) is 64.7 Å². The van der Waals surface area contributed by atoms with Crippen LogP contribution in [0.15, 0.2) is 53.4 Å². The SMILES string of the molecule is COc1cccc(-c2nc(C)c(C(=O)NCCc3ccc(S(N)(=O)=O)cc3)s2)c1. The molecular weight excluding hydrogens is 410 g/mol. The normalized spacial score (nSPS) is 11.3. The second kappa shape index (κ2) is 8.73. The molecule has 3 N–H and O–H groups in total. The molecule has 1 heterocycles. The van der Waals surface area contributed by atoms with E-state index in [4.69, 9.17) is 9.88 Å². The molecular formula is C20H21N3O4S2. The molecule has 0 unspecified atom stereocenters. The summed E-state index contributed by atoms with van der Waals surface area (Å²) in [5, 5.41) is 8.73. The van der Waals surface area contributed by atoms with E-state index in [2.05, 4.69) is 10.3 Å². The zero-order valence-electron chi connectivity index (χ0n) is 16.0. The van der Waals surface area contributed by atoms with Crippen molar-refractivity contribution in [2.75, 3.05) is 13.7 Å². The molecule has 0 aliphatic heterocycles. The van der Waals surface area contributed by atoms with Crippen molar-refractivity contribution < 1.29 is 17.9 Å². The predicted octanol–water partition coefficient (Wildman–Crippen LogP) is 2.75. The van der Waals surface area contributed by atoms with Gasteiger partial charge in [-0.2, -0.15) is 0 Å². The Kier molecular flexibility index (Phi) is 6.31. The lowest BCUT2D eigenvalue weighted by molar-refractivity contribution is 0.0957. The minimum absolute atomic E-state index is 0.0654. The Hall–Kier alpha value is -2.75. The maximum atomic E-state index is 12.5. The number of amides is 1. The van der Waals surface area contributed by atoms with Crippen LogP contribution in [-0.4, -0.2) is 33.0 Å². The van der Waals surface area contributed by atoms with Gasteiger partial charge >= 0.3 is 0 Å². The number of aryl methyl sites for hydroxylation is 1. The molecule has 0 radical (unpaired) electrons. The summed E-state index contributed by atoms with van der Waals surface area (Å²) in [7, 11) is -2.10. The van der Waals surface area contributed by atoms with Crippen molar-refractivity contribution in [3.63, 3.8) is 0 Å². The number of hydrogen-bond donors (Lipinski definition) is 2. The standard InChI is InChI=1S/C20H21N3O4S2/c1-13-18(28-20(23-13)15-4-3-5-16(12-15)27-2)19(24)22-11-10-14-6-8-17(9-7-14)29(21,25)26/h3-9,12H,10-11H2,1-2H3,(H,22,24)(H2,21,25,26). The van der Waals surface area contributed by atoms with Crippen molar-refractivity contribution in [1.82, 2.24) is 10.3 Å². The highest BCUT2D eigenvalue weighted by molar-refractivity contribution is 7.89. The number of nitrogens with two attached hydrogens (primary N) is 1. The number of carbonyl (C=O) groups is 1. The molecule has 2 aromatic carbocycles. The molecule has 9 heteroatoms. The third-order valence-electron chi connectivity index (χ3n) is 4.27.